The molecule has 0 saturated carbocycles. The van der Waals surface area contributed by atoms with E-state index in [4.69, 9.17) is 5.73 Å². The van der Waals surface area contributed by atoms with Crippen LogP contribution < -0.4 is 15.8 Å². The van der Waals surface area contributed by atoms with Gasteiger partial charge in [0, 0.05) is 24.9 Å². The van der Waals surface area contributed by atoms with Crippen LogP contribution in [0.4, 0.5) is 8.78 Å². The Balaban J connectivity index is 0.00000338. The molecule has 1 aromatic heterocycles. The average molecular weight is 478 g/mol. The number of aromatic nitrogens is 1. The number of hydrogen-bond donors (Lipinski definition) is 3. The predicted molar refractivity (Wildman–Crippen MR) is 106 cm³/mol. The summed E-state index contributed by atoms with van der Waals surface area (Å²) in [5.74, 6) is 0.173. The lowest BCUT2D eigenvalue weighted by Crippen LogP contribution is -2.33. The lowest BCUT2D eigenvalue weighted by Gasteiger charge is -2.11. The van der Waals surface area contributed by atoms with Gasteiger partial charge in [-0.1, -0.05) is 18.2 Å². The first-order chi connectivity index (χ1) is 12.0. The number of nitrogens with zero attached hydrogens (tertiary/aromatic N) is 2. The minimum Gasteiger partial charge on any atom is -0.435 e. The zero-order chi connectivity index (χ0) is 18.1. The summed E-state index contributed by atoms with van der Waals surface area (Å²) in [6, 6.07) is 11.5. The SMILES string of the molecule is I.NC(=NCC(O)c1cccc(OC(F)F)c1)NCCc1ccccn1. The van der Waals surface area contributed by atoms with E-state index in [0.29, 0.717) is 18.5 Å². The van der Waals surface area contributed by atoms with E-state index in [0.717, 1.165) is 5.69 Å². The maximum atomic E-state index is 12.2. The second kappa shape index (κ2) is 11.6. The van der Waals surface area contributed by atoms with Crippen molar-refractivity contribution in [2.24, 2.45) is 10.7 Å². The Morgan fingerprint density at radius 2 is 2.08 bits per heavy atom. The highest BCUT2D eigenvalue weighted by Crippen LogP contribution is 2.21. The number of rotatable bonds is 8. The molecule has 0 amide bonds. The van der Waals surface area contributed by atoms with Gasteiger partial charge in [0.25, 0.3) is 0 Å². The van der Waals surface area contributed by atoms with Crippen LogP contribution in [0.3, 0.4) is 0 Å². The van der Waals surface area contributed by atoms with Gasteiger partial charge in [-0.25, -0.2) is 0 Å². The molecular formula is C17H21F2IN4O2. The van der Waals surface area contributed by atoms with E-state index in [9.17, 15) is 13.9 Å². The van der Waals surface area contributed by atoms with Gasteiger partial charge in [-0.3, -0.25) is 9.98 Å². The number of nitrogens with two attached hydrogens (primary N) is 1. The van der Waals surface area contributed by atoms with Crippen LogP contribution in [-0.4, -0.2) is 35.8 Å². The van der Waals surface area contributed by atoms with E-state index in [1.54, 1.807) is 12.3 Å². The van der Waals surface area contributed by atoms with Gasteiger partial charge in [0.2, 0.25) is 0 Å². The Bertz CT molecular complexity index is 689. The highest BCUT2D eigenvalue weighted by molar-refractivity contribution is 14.0. The van der Waals surface area contributed by atoms with Crippen LogP contribution in [0.25, 0.3) is 0 Å². The van der Waals surface area contributed by atoms with E-state index >= 15 is 0 Å². The molecule has 4 N–H and O–H groups in total. The molecule has 0 radical (unpaired) electrons. The molecule has 26 heavy (non-hydrogen) atoms. The smallest absolute Gasteiger partial charge is 0.387 e. The topological polar surface area (TPSA) is 92.8 Å². The van der Waals surface area contributed by atoms with Gasteiger partial charge < -0.3 is 20.9 Å². The fraction of sp³-hybridized carbons (Fsp3) is 0.294. The number of nitrogens with one attached hydrogen (secondary N) is 1. The summed E-state index contributed by atoms with van der Waals surface area (Å²) in [6.45, 7) is -2.36. The molecule has 1 atom stereocenters. The van der Waals surface area contributed by atoms with Crippen molar-refractivity contribution < 1.29 is 18.6 Å². The van der Waals surface area contributed by atoms with Crippen molar-refractivity contribution in [3.8, 4) is 5.75 Å². The Hall–Kier alpha value is -2.01. The molecule has 0 aliphatic heterocycles. The minimum absolute atomic E-state index is 0. The van der Waals surface area contributed by atoms with E-state index in [2.05, 4.69) is 20.0 Å². The number of ether oxygens (including phenoxy) is 1. The van der Waals surface area contributed by atoms with Gasteiger partial charge in [-0.05, 0) is 29.8 Å². The zero-order valence-corrected chi connectivity index (χ0v) is 16.2. The van der Waals surface area contributed by atoms with Crippen LogP contribution in [0.2, 0.25) is 0 Å². The minimum atomic E-state index is -2.91. The van der Waals surface area contributed by atoms with E-state index in [1.807, 2.05) is 18.2 Å². The molecule has 9 heteroatoms. The molecule has 6 nitrogen and oxygen atoms in total. The molecular weight excluding hydrogens is 457 g/mol. The number of aliphatic hydroxyl groups is 1. The molecule has 2 rings (SSSR count). The fourth-order valence-corrected chi connectivity index (χ4v) is 2.11. The molecule has 142 valence electrons. The summed E-state index contributed by atoms with van der Waals surface area (Å²) in [5.41, 5.74) is 7.09. The van der Waals surface area contributed by atoms with Crippen molar-refractivity contribution in [1.29, 1.82) is 0 Å². The molecule has 0 aliphatic rings. The van der Waals surface area contributed by atoms with Gasteiger partial charge in [0.15, 0.2) is 5.96 Å². The molecule has 0 fully saturated rings. The first kappa shape index (κ1) is 22.0. The van der Waals surface area contributed by atoms with Crippen LogP contribution in [0.1, 0.15) is 17.4 Å². The van der Waals surface area contributed by atoms with Crippen LogP contribution in [0, 0.1) is 0 Å². The average Bonchev–Trinajstić information content (AvgIpc) is 2.60. The highest BCUT2D eigenvalue weighted by atomic mass is 127. The van der Waals surface area contributed by atoms with Crippen molar-refractivity contribution in [2.75, 3.05) is 13.1 Å². The number of pyridine rings is 1. The summed E-state index contributed by atoms with van der Waals surface area (Å²) in [7, 11) is 0. The molecule has 1 heterocycles. The lowest BCUT2D eigenvalue weighted by atomic mass is 10.1. The first-order valence-electron chi connectivity index (χ1n) is 7.71. The maximum Gasteiger partial charge on any atom is 0.387 e. The molecule has 1 aromatic carbocycles. The van der Waals surface area contributed by atoms with Crippen LogP contribution in [0.5, 0.6) is 5.75 Å². The van der Waals surface area contributed by atoms with Crippen molar-refractivity contribution in [3.63, 3.8) is 0 Å². The summed E-state index contributed by atoms with van der Waals surface area (Å²) in [5, 5.41) is 13.0. The summed E-state index contributed by atoms with van der Waals surface area (Å²) >= 11 is 0. The summed E-state index contributed by atoms with van der Waals surface area (Å²) in [6.07, 6.45) is 1.43. The van der Waals surface area contributed by atoms with Crippen LogP contribution in [-0.2, 0) is 6.42 Å². The van der Waals surface area contributed by atoms with Crippen molar-refractivity contribution >= 4 is 29.9 Å². The number of benzene rings is 1. The maximum absolute atomic E-state index is 12.2. The molecule has 0 spiro atoms. The van der Waals surface area contributed by atoms with Gasteiger partial charge in [0.05, 0.1) is 12.6 Å². The van der Waals surface area contributed by atoms with Gasteiger partial charge >= 0.3 is 6.61 Å². The quantitative estimate of drug-likeness (QED) is 0.308. The molecule has 2 aromatic rings. The first-order valence-corrected chi connectivity index (χ1v) is 7.71. The van der Waals surface area contributed by atoms with Crippen molar-refractivity contribution in [3.05, 3.63) is 59.9 Å². The third-order valence-electron chi connectivity index (χ3n) is 3.32. The lowest BCUT2D eigenvalue weighted by molar-refractivity contribution is -0.0499. The predicted octanol–water partition coefficient (Wildman–Crippen LogP) is 2.48. The van der Waals surface area contributed by atoms with Crippen LogP contribution in [0.15, 0.2) is 53.7 Å². The van der Waals surface area contributed by atoms with Crippen molar-refractivity contribution in [1.82, 2.24) is 10.3 Å². The number of alkyl halides is 2. The molecule has 0 bridgehead atoms. The van der Waals surface area contributed by atoms with E-state index < -0.39 is 12.7 Å². The third kappa shape index (κ3) is 7.91. The van der Waals surface area contributed by atoms with Gasteiger partial charge in [-0.2, -0.15) is 8.78 Å². The largest absolute Gasteiger partial charge is 0.435 e. The fourth-order valence-electron chi connectivity index (χ4n) is 2.11. The number of aliphatic imine (C=N–C) groups is 1. The molecule has 0 aliphatic carbocycles. The number of aliphatic hydroxyl groups excluding tert-OH is 1. The standard InChI is InChI=1S/C17H20F2N4O2.HI/c18-16(19)25-14-6-3-4-12(10-14)15(24)11-23-17(20)22-9-7-13-5-1-2-8-21-13;/h1-6,8,10,15-16,24H,7,9,11H2,(H3,20,22,23);1H. The number of guanidine groups is 1. The third-order valence-corrected chi connectivity index (χ3v) is 3.32. The van der Waals surface area contributed by atoms with E-state index in [1.165, 1.54) is 18.2 Å². The monoisotopic (exact) mass is 478 g/mol. The zero-order valence-electron chi connectivity index (χ0n) is 13.9. The second-order valence-electron chi connectivity index (χ2n) is 5.19. The Morgan fingerprint density at radius 1 is 1.27 bits per heavy atom. The Labute approximate surface area is 167 Å². The Kier molecular flexibility index (Phi) is 9.81. The Morgan fingerprint density at radius 3 is 2.77 bits per heavy atom. The van der Waals surface area contributed by atoms with Crippen LogP contribution >= 0.6 is 24.0 Å². The summed E-state index contributed by atoms with van der Waals surface area (Å²) < 4.78 is 28.7. The van der Waals surface area contributed by atoms with Gasteiger partial charge in [0.1, 0.15) is 5.75 Å². The number of hydrogen-bond acceptors (Lipinski definition) is 4. The number of halogens is 3. The molecule has 1 unspecified atom stereocenters. The van der Waals surface area contributed by atoms with Gasteiger partial charge in [-0.15, -0.1) is 24.0 Å². The highest BCUT2D eigenvalue weighted by Gasteiger charge is 2.10. The molecule has 0 saturated heterocycles. The summed E-state index contributed by atoms with van der Waals surface area (Å²) in [4.78, 5) is 8.24. The normalized spacial score (nSPS) is 12.4. The second-order valence-corrected chi connectivity index (χ2v) is 5.19. The van der Waals surface area contributed by atoms with Crippen molar-refractivity contribution in [2.45, 2.75) is 19.1 Å². The van der Waals surface area contributed by atoms with E-state index in [-0.39, 0.29) is 42.2 Å².